The van der Waals surface area contributed by atoms with E-state index in [1.54, 1.807) is 6.07 Å². The Kier molecular flexibility index (Phi) is 3.71. The lowest BCUT2D eigenvalue weighted by Gasteiger charge is -2.19. The van der Waals surface area contributed by atoms with Gasteiger partial charge in [-0.25, -0.2) is 4.98 Å². The number of hydrogen-bond acceptors (Lipinski definition) is 5. The standard InChI is InChI=1S/C13H16N2O3S/c1-13(2,3)18-10(16)4-6-15-8-14-11-9(12(15)17)5-7-19-11/h5,7-8H,4,6H2,1-3H3. The van der Waals surface area contributed by atoms with Gasteiger partial charge in [-0.3, -0.25) is 14.2 Å². The number of hydrogen-bond donors (Lipinski definition) is 0. The van der Waals surface area contributed by atoms with E-state index >= 15 is 0 Å². The van der Waals surface area contributed by atoms with Gasteiger partial charge in [0.25, 0.3) is 5.56 Å². The van der Waals surface area contributed by atoms with Crippen LogP contribution in [0.5, 0.6) is 0 Å². The topological polar surface area (TPSA) is 61.2 Å². The minimum Gasteiger partial charge on any atom is -0.460 e. The number of fused-ring (bicyclic) bond motifs is 1. The number of carbonyl (C=O) groups is 1. The van der Waals surface area contributed by atoms with Crippen molar-refractivity contribution in [2.45, 2.75) is 39.3 Å². The summed E-state index contributed by atoms with van der Waals surface area (Å²) in [4.78, 5) is 28.6. The Morgan fingerprint density at radius 2 is 2.21 bits per heavy atom. The smallest absolute Gasteiger partial charge is 0.308 e. The molecular weight excluding hydrogens is 264 g/mol. The van der Waals surface area contributed by atoms with Crippen LogP contribution in [0.3, 0.4) is 0 Å². The Morgan fingerprint density at radius 1 is 1.47 bits per heavy atom. The van der Waals surface area contributed by atoms with Crippen molar-refractivity contribution in [3.05, 3.63) is 28.1 Å². The molecule has 2 aromatic heterocycles. The molecule has 0 bridgehead atoms. The molecule has 2 heterocycles. The predicted molar refractivity (Wildman–Crippen MR) is 74.3 cm³/mol. The van der Waals surface area contributed by atoms with Crippen LogP contribution < -0.4 is 5.56 Å². The first-order valence-corrected chi connectivity index (χ1v) is 6.89. The van der Waals surface area contributed by atoms with Gasteiger partial charge in [-0.1, -0.05) is 0 Å². The molecule has 0 amide bonds. The molecule has 5 nitrogen and oxygen atoms in total. The molecule has 0 atom stereocenters. The lowest BCUT2D eigenvalue weighted by Crippen LogP contribution is -2.26. The lowest BCUT2D eigenvalue weighted by molar-refractivity contribution is -0.155. The van der Waals surface area contributed by atoms with Gasteiger partial charge in [-0.2, -0.15) is 0 Å². The summed E-state index contributed by atoms with van der Waals surface area (Å²) in [7, 11) is 0. The number of ether oxygens (including phenoxy) is 1. The maximum Gasteiger partial charge on any atom is 0.308 e. The van der Waals surface area contributed by atoms with Crippen molar-refractivity contribution in [1.82, 2.24) is 9.55 Å². The van der Waals surface area contributed by atoms with E-state index < -0.39 is 5.60 Å². The summed E-state index contributed by atoms with van der Waals surface area (Å²) in [5.41, 5.74) is -0.618. The molecule has 0 aliphatic rings. The van der Waals surface area contributed by atoms with E-state index in [4.69, 9.17) is 4.74 Å². The van der Waals surface area contributed by atoms with Gasteiger partial charge < -0.3 is 4.74 Å². The molecule has 102 valence electrons. The maximum atomic E-state index is 12.1. The molecule has 2 aromatic rings. The van der Waals surface area contributed by atoms with Crippen LogP contribution in [0.2, 0.25) is 0 Å². The van der Waals surface area contributed by atoms with E-state index in [-0.39, 0.29) is 24.5 Å². The van der Waals surface area contributed by atoms with Gasteiger partial charge in [0.2, 0.25) is 0 Å². The molecule has 0 radical (unpaired) electrons. The van der Waals surface area contributed by atoms with Crippen molar-refractivity contribution < 1.29 is 9.53 Å². The third-order valence-electron chi connectivity index (χ3n) is 2.43. The summed E-state index contributed by atoms with van der Waals surface area (Å²) in [5.74, 6) is -0.315. The fourth-order valence-corrected chi connectivity index (χ4v) is 2.38. The number of esters is 1. The quantitative estimate of drug-likeness (QED) is 0.809. The zero-order chi connectivity index (χ0) is 14.0. The van der Waals surface area contributed by atoms with Crippen LogP contribution in [0.4, 0.5) is 0 Å². The average Bonchev–Trinajstić information content (AvgIpc) is 2.74. The summed E-state index contributed by atoms with van der Waals surface area (Å²) in [6.07, 6.45) is 1.64. The molecule has 19 heavy (non-hydrogen) atoms. The van der Waals surface area contributed by atoms with Crippen LogP contribution in [-0.2, 0) is 16.1 Å². The monoisotopic (exact) mass is 280 g/mol. The van der Waals surface area contributed by atoms with E-state index in [2.05, 4.69) is 4.98 Å². The number of aromatic nitrogens is 2. The van der Waals surface area contributed by atoms with Crippen molar-refractivity contribution in [2.75, 3.05) is 0 Å². The second-order valence-electron chi connectivity index (χ2n) is 5.22. The van der Waals surface area contributed by atoms with E-state index in [9.17, 15) is 9.59 Å². The summed E-state index contributed by atoms with van der Waals surface area (Å²) in [6.45, 7) is 5.73. The van der Waals surface area contributed by atoms with Crippen molar-refractivity contribution in [3.63, 3.8) is 0 Å². The minimum absolute atomic E-state index is 0.116. The first kappa shape index (κ1) is 13.7. The number of aryl methyl sites for hydroxylation is 1. The van der Waals surface area contributed by atoms with Gasteiger partial charge in [0.05, 0.1) is 18.1 Å². The summed E-state index contributed by atoms with van der Waals surface area (Å²) in [5, 5.41) is 2.42. The molecule has 0 saturated carbocycles. The van der Waals surface area contributed by atoms with E-state index in [0.717, 1.165) is 4.83 Å². The maximum absolute atomic E-state index is 12.1. The summed E-state index contributed by atoms with van der Waals surface area (Å²) >= 11 is 1.43. The third-order valence-corrected chi connectivity index (χ3v) is 3.25. The largest absolute Gasteiger partial charge is 0.460 e. The van der Waals surface area contributed by atoms with E-state index in [1.807, 2.05) is 26.2 Å². The Bertz CT molecular complexity index is 652. The third kappa shape index (κ3) is 3.41. The molecule has 0 aliphatic carbocycles. The van der Waals surface area contributed by atoms with Crippen molar-refractivity contribution in [1.29, 1.82) is 0 Å². The van der Waals surface area contributed by atoms with Crippen LogP contribution in [0.1, 0.15) is 27.2 Å². The number of carbonyl (C=O) groups excluding carboxylic acids is 1. The second-order valence-corrected chi connectivity index (χ2v) is 6.11. The molecule has 2 rings (SSSR count). The zero-order valence-corrected chi connectivity index (χ0v) is 12.0. The van der Waals surface area contributed by atoms with Crippen molar-refractivity contribution in [2.24, 2.45) is 0 Å². The van der Waals surface area contributed by atoms with Crippen LogP contribution >= 0.6 is 11.3 Å². The van der Waals surface area contributed by atoms with E-state index in [0.29, 0.717) is 5.39 Å². The number of thiophene rings is 1. The van der Waals surface area contributed by atoms with Gasteiger partial charge >= 0.3 is 5.97 Å². The van der Waals surface area contributed by atoms with Crippen molar-refractivity contribution in [3.8, 4) is 0 Å². The van der Waals surface area contributed by atoms with Crippen LogP contribution in [0.25, 0.3) is 10.2 Å². The predicted octanol–water partition coefficient (Wildman–Crippen LogP) is 2.19. The highest BCUT2D eigenvalue weighted by molar-refractivity contribution is 7.16. The Balaban J connectivity index is 2.08. The SMILES string of the molecule is CC(C)(C)OC(=O)CCn1cnc2sccc2c1=O. The first-order valence-electron chi connectivity index (χ1n) is 6.01. The van der Waals surface area contributed by atoms with Crippen LogP contribution in [-0.4, -0.2) is 21.1 Å². The lowest BCUT2D eigenvalue weighted by atomic mass is 10.2. The minimum atomic E-state index is -0.502. The Morgan fingerprint density at radius 3 is 2.89 bits per heavy atom. The second kappa shape index (κ2) is 5.13. The molecule has 0 fully saturated rings. The molecule has 0 saturated heterocycles. The Labute approximate surface area is 114 Å². The highest BCUT2D eigenvalue weighted by Crippen LogP contribution is 2.13. The highest BCUT2D eigenvalue weighted by Gasteiger charge is 2.16. The van der Waals surface area contributed by atoms with Gasteiger partial charge in [0.15, 0.2) is 0 Å². The number of rotatable bonds is 3. The van der Waals surface area contributed by atoms with Crippen LogP contribution in [0, 0.1) is 0 Å². The molecule has 0 spiro atoms. The zero-order valence-electron chi connectivity index (χ0n) is 11.2. The van der Waals surface area contributed by atoms with E-state index in [1.165, 1.54) is 22.2 Å². The average molecular weight is 280 g/mol. The fourth-order valence-electron chi connectivity index (χ4n) is 1.66. The molecule has 0 aromatic carbocycles. The van der Waals surface area contributed by atoms with Gasteiger partial charge in [0, 0.05) is 6.54 Å². The molecule has 0 aliphatic heterocycles. The summed E-state index contributed by atoms with van der Waals surface area (Å²) in [6, 6.07) is 1.75. The highest BCUT2D eigenvalue weighted by atomic mass is 32.1. The van der Waals surface area contributed by atoms with Gasteiger partial charge in [0.1, 0.15) is 10.4 Å². The molecular formula is C13H16N2O3S. The van der Waals surface area contributed by atoms with Gasteiger partial charge in [-0.05, 0) is 32.2 Å². The van der Waals surface area contributed by atoms with Crippen LogP contribution in [0.15, 0.2) is 22.6 Å². The Hall–Kier alpha value is -1.69. The summed E-state index contributed by atoms with van der Waals surface area (Å²) < 4.78 is 6.64. The normalized spacial score (nSPS) is 11.7. The molecule has 0 unspecified atom stereocenters. The van der Waals surface area contributed by atoms with Crippen molar-refractivity contribution >= 4 is 27.5 Å². The fraction of sp³-hybridized carbons (Fsp3) is 0.462. The molecule has 0 N–H and O–H groups in total. The molecule has 6 heteroatoms. The first-order chi connectivity index (χ1) is 8.87. The number of nitrogens with zero attached hydrogens (tertiary/aromatic N) is 2. The van der Waals surface area contributed by atoms with Gasteiger partial charge in [-0.15, -0.1) is 11.3 Å².